The summed E-state index contributed by atoms with van der Waals surface area (Å²) in [5.41, 5.74) is 3.10. The second kappa shape index (κ2) is 8.83. The molecule has 0 N–H and O–H groups in total. The molecule has 10 heteroatoms. The highest BCUT2D eigenvalue weighted by atomic mass is 35.5. The van der Waals surface area contributed by atoms with Gasteiger partial charge in [-0.05, 0) is 44.9 Å². The van der Waals surface area contributed by atoms with Gasteiger partial charge in [0, 0.05) is 42.3 Å². The summed E-state index contributed by atoms with van der Waals surface area (Å²) < 4.78 is 29.4. The van der Waals surface area contributed by atoms with Crippen LogP contribution in [-0.2, 0) is 15.1 Å². The zero-order valence-electron chi connectivity index (χ0n) is 20.3. The van der Waals surface area contributed by atoms with E-state index in [1.165, 1.54) is 6.07 Å². The van der Waals surface area contributed by atoms with Crippen LogP contribution >= 0.6 is 11.6 Å². The molecule has 36 heavy (non-hydrogen) atoms. The van der Waals surface area contributed by atoms with E-state index in [1.54, 1.807) is 19.2 Å². The lowest BCUT2D eigenvalue weighted by Gasteiger charge is -2.38. The number of rotatable bonds is 5. The largest absolute Gasteiger partial charge is 0.373 e. The first-order chi connectivity index (χ1) is 17.4. The summed E-state index contributed by atoms with van der Waals surface area (Å²) in [7, 11) is 1.65. The Morgan fingerprint density at radius 2 is 1.94 bits per heavy atom. The summed E-state index contributed by atoms with van der Waals surface area (Å²) in [5, 5.41) is 4.83. The van der Waals surface area contributed by atoms with Crippen molar-refractivity contribution in [2.45, 2.75) is 57.3 Å². The van der Waals surface area contributed by atoms with Crippen molar-refractivity contribution in [2.75, 3.05) is 13.7 Å². The topological polar surface area (TPSA) is 87.8 Å². The fraction of sp³-hybridized carbons (Fsp3) is 0.423. The highest BCUT2D eigenvalue weighted by Gasteiger charge is 2.43. The maximum Gasteiger partial charge on any atom is 0.182 e. The molecule has 4 aromatic rings. The molecule has 0 radical (unpaired) electrons. The molecule has 2 atom stereocenters. The van der Waals surface area contributed by atoms with Crippen LogP contribution in [0.25, 0.3) is 22.4 Å². The monoisotopic (exact) mass is 508 g/mol. The van der Waals surface area contributed by atoms with Crippen molar-refractivity contribution < 1.29 is 13.9 Å². The van der Waals surface area contributed by atoms with E-state index in [2.05, 4.69) is 21.3 Å². The van der Waals surface area contributed by atoms with Crippen LogP contribution < -0.4 is 0 Å². The highest BCUT2D eigenvalue weighted by Crippen LogP contribution is 2.44. The predicted molar refractivity (Wildman–Crippen MR) is 132 cm³/mol. The predicted octanol–water partition coefficient (Wildman–Crippen LogP) is 5.42. The molecule has 1 aromatic carbocycles. The third-order valence-corrected chi connectivity index (χ3v) is 7.42. The molecule has 3 aromatic heterocycles. The smallest absolute Gasteiger partial charge is 0.182 e. The summed E-state index contributed by atoms with van der Waals surface area (Å²) in [5.74, 6) is -0.0559. The summed E-state index contributed by atoms with van der Waals surface area (Å²) in [4.78, 5) is 19.0. The third kappa shape index (κ3) is 4.05. The molecule has 0 bridgehead atoms. The van der Waals surface area contributed by atoms with Gasteiger partial charge in [0.25, 0.3) is 0 Å². The number of aryl methyl sites for hydroxylation is 2. The van der Waals surface area contributed by atoms with Gasteiger partial charge in [0.2, 0.25) is 0 Å². The van der Waals surface area contributed by atoms with Gasteiger partial charge in [-0.25, -0.2) is 24.3 Å². The van der Waals surface area contributed by atoms with Crippen molar-refractivity contribution >= 4 is 22.8 Å². The highest BCUT2D eigenvalue weighted by molar-refractivity contribution is 6.30. The fourth-order valence-corrected chi connectivity index (χ4v) is 4.92. The van der Waals surface area contributed by atoms with Gasteiger partial charge >= 0.3 is 0 Å². The molecule has 2 fully saturated rings. The van der Waals surface area contributed by atoms with Crippen molar-refractivity contribution in [1.82, 2.24) is 29.7 Å². The fourth-order valence-electron chi connectivity index (χ4n) is 4.76. The van der Waals surface area contributed by atoms with Crippen LogP contribution in [0.3, 0.4) is 0 Å². The van der Waals surface area contributed by atoms with Crippen molar-refractivity contribution in [1.29, 1.82) is 0 Å². The molecule has 6 rings (SSSR count). The second-order valence-corrected chi connectivity index (χ2v) is 10.0. The first-order valence-electron chi connectivity index (χ1n) is 12.1. The minimum atomic E-state index is -0.850. The lowest BCUT2D eigenvalue weighted by molar-refractivity contribution is -0.133. The molecule has 1 saturated carbocycles. The van der Waals surface area contributed by atoms with Crippen LogP contribution in [0.4, 0.5) is 4.39 Å². The lowest BCUT2D eigenvalue weighted by atomic mass is 9.87. The standard InChI is InChI=1S/C26H26ClFN6O2/c1-14-15(2)31-24-23(30-14)22(19-7-4-17(27)10-20(19)28)32-25(33-24)26(35-3)8-9-36-21(11-26)16-12-29-34(13-16)18-5-6-18/h4,7,10,12-13,18,21H,5-6,8-9,11H2,1-3H3/t21-,26+/m1/s1. The van der Waals surface area contributed by atoms with E-state index in [1.807, 2.05) is 24.7 Å². The Morgan fingerprint density at radius 1 is 1.14 bits per heavy atom. The zero-order chi connectivity index (χ0) is 25.0. The molecule has 1 saturated heterocycles. The summed E-state index contributed by atoms with van der Waals surface area (Å²) >= 11 is 6.02. The Balaban J connectivity index is 1.48. The van der Waals surface area contributed by atoms with E-state index in [9.17, 15) is 0 Å². The van der Waals surface area contributed by atoms with E-state index in [0.29, 0.717) is 53.2 Å². The summed E-state index contributed by atoms with van der Waals surface area (Å²) in [6, 6.07) is 5.00. The normalized spacial score (nSPS) is 22.3. The van der Waals surface area contributed by atoms with Gasteiger partial charge < -0.3 is 9.47 Å². The van der Waals surface area contributed by atoms with Crippen LogP contribution in [0, 0.1) is 19.7 Å². The molecule has 1 aliphatic carbocycles. The van der Waals surface area contributed by atoms with Gasteiger partial charge in [-0.2, -0.15) is 5.10 Å². The number of aromatic nitrogens is 6. The van der Waals surface area contributed by atoms with E-state index in [-0.39, 0.29) is 11.7 Å². The van der Waals surface area contributed by atoms with E-state index in [4.69, 9.17) is 31.0 Å². The van der Waals surface area contributed by atoms with Crippen LogP contribution in [0.5, 0.6) is 0 Å². The Bertz CT molecular complexity index is 1470. The molecule has 186 valence electrons. The number of hydrogen-bond donors (Lipinski definition) is 0. The third-order valence-electron chi connectivity index (χ3n) is 7.18. The number of benzene rings is 1. The first-order valence-corrected chi connectivity index (χ1v) is 12.4. The van der Waals surface area contributed by atoms with Gasteiger partial charge in [-0.3, -0.25) is 4.68 Å². The molecule has 0 spiro atoms. The number of nitrogens with zero attached hydrogens (tertiary/aromatic N) is 6. The maximum absolute atomic E-state index is 15.1. The molecular formula is C26H26ClFN6O2. The molecular weight excluding hydrogens is 483 g/mol. The van der Waals surface area contributed by atoms with Crippen LogP contribution in [0.2, 0.25) is 5.02 Å². The minimum Gasteiger partial charge on any atom is -0.373 e. The van der Waals surface area contributed by atoms with E-state index in [0.717, 1.165) is 29.8 Å². The van der Waals surface area contributed by atoms with Crippen LogP contribution in [0.15, 0.2) is 30.6 Å². The second-order valence-electron chi connectivity index (χ2n) is 9.58. The summed E-state index contributed by atoms with van der Waals surface area (Å²) in [6.45, 7) is 4.19. The molecule has 1 aliphatic heterocycles. The average molecular weight is 509 g/mol. The Labute approximate surface area is 212 Å². The van der Waals surface area contributed by atoms with Crippen molar-refractivity contribution in [3.05, 3.63) is 64.2 Å². The van der Waals surface area contributed by atoms with E-state index >= 15 is 4.39 Å². The van der Waals surface area contributed by atoms with Crippen molar-refractivity contribution in [2.24, 2.45) is 0 Å². The SMILES string of the molecule is CO[C@@]1(c2nc(-c3ccc(Cl)cc3F)c3nc(C)c(C)nc3n2)CCO[C@@H](c2cnn(C3CC3)c2)C1. The molecule has 4 heterocycles. The maximum atomic E-state index is 15.1. The molecule has 8 nitrogen and oxygen atoms in total. The zero-order valence-corrected chi connectivity index (χ0v) is 21.1. The van der Waals surface area contributed by atoms with Crippen LogP contribution in [-0.4, -0.2) is 43.4 Å². The average Bonchev–Trinajstić information content (AvgIpc) is 3.60. The Morgan fingerprint density at radius 3 is 2.69 bits per heavy atom. The lowest BCUT2D eigenvalue weighted by Crippen LogP contribution is -2.39. The number of methoxy groups -OCH3 is 1. The van der Waals surface area contributed by atoms with Crippen LogP contribution in [0.1, 0.15) is 60.6 Å². The Hall–Kier alpha value is -3.01. The molecule has 0 unspecified atom stereocenters. The van der Waals surface area contributed by atoms with Gasteiger partial charge in [0.15, 0.2) is 11.5 Å². The van der Waals surface area contributed by atoms with Crippen molar-refractivity contribution in [3.8, 4) is 11.3 Å². The number of halogens is 2. The van der Waals surface area contributed by atoms with Gasteiger partial charge in [-0.1, -0.05) is 11.6 Å². The first kappa shape index (κ1) is 23.4. The van der Waals surface area contributed by atoms with Gasteiger partial charge in [0.1, 0.15) is 22.6 Å². The number of fused-ring (bicyclic) bond motifs is 1. The minimum absolute atomic E-state index is 0.230. The number of hydrogen-bond acceptors (Lipinski definition) is 7. The van der Waals surface area contributed by atoms with Gasteiger partial charge in [-0.15, -0.1) is 0 Å². The van der Waals surface area contributed by atoms with E-state index < -0.39 is 11.4 Å². The quantitative estimate of drug-likeness (QED) is 0.355. The number of ether oxygens (including phenoxy) is 2. The molecule has 2 aliphatic rings. The summed E-state index contributed by atoms with van der Waals surface area (Å²) in [6.07, 6.45) is 7.04. The van der Waals surface area contributed by atoms with Crippen molar-refractivity contribution in [3.63, 3.8) is 0 Å². The Kier molecular flexibility index (Phi) is 5.74. The van der Waals surface area contributed by atoms with Gasteiger partial charge in [0.05, 0.1) is 36.3 Å². The molecule has 0 amide bonds.